The summed E-state index contributed by atoms with van der Waals surface area (Å²) in [5.41, 5.74) is 10.8. The summed E-state index contributed by atoms with van der Waals surface area (Å²) in [4.78, 5) is 14.4. The van der Waals surface area contributed by atoms with Gasteiger partial charge in [-0.25, -0.2) is 0 Å². The zero-order chi connectivity index (χ0) is 11.0. The second-order valence-corrected chi connectivity index (χ2v) is 2.95. The van der Waals surface area contributed by atoms with E-state index in [2.05, 4.69) is 11.6 Å². The second kappa shape index (κ2) is 7.08. The predicted molar refractivity (Wildman–Crippen MR) is 56.1 cm³/mol. The molecule has 0 radical (unpaired) electrons. The third-order valence-electron chi connectivity index (χ3n) is 1.66. The van der Waals surface area contributed by atoms with E-state index in [9.17, 15) is 4.79 Å². The van der Waals surface area contributed by atoms with Gasteiger partial charge in [-0.1, -0.05) is 6.08 Å². The van der Waals surface area contributed by atoms with Crippen LogP contribution < -0.4 is 11.5 Å². The van der Waals surface area contributed by atoms with Crippen LogP contribution in [0.5, 0.6) is 0 Å². The van der Waals surface area contributed by atoms with Crippen molar-refractivity contribution in [3.8, 4) is 0 Å². The molecule has 0 aliphatic rings. The number of carboxylic acid groups (broad SMARTS) is 1. The monoisotopic (exact) mass is 199 g/mol. The molecule has 0 amide bonds. The first-order valence-electron chi connectivity index (χ1n) is 4.46. The second-order valence-electron chi connectivity index (χ2n) is 2.95. The minimum absolute atomic E-state index is 0.417. The maximum absolute atomic E-state index is 10.3. The van der Waals surface area contributed by atoms with Crippen LogP contribution in [0, 0.1) is 0 Å². The van der Waals surface area contributed by atoms with Crippen LogP contribution in [-0.4, -0.2) is 29.5 Å². The largest absolute Gasteiger partial charge is 0.480 e. The fraction of sp³-hybridized carbons (Fsp3) is 0.556. The molecule has 5 nitrogen and oxygen atoms in total. The minimum Gasteiger partial charge on any atom is -0.480 e. The predicted octanol–water partition coefficient (Wildman–Crippen LogP) is 0.112. The van der Waals surface area contributed by atoms with Gasteiger partial charge in [0.05, 0.1) is 5.84 Å². The molecule has 0 rings (SSSR count). The molecule has 0 aliphatic heterocycles. The number of nitrogens with two attached hydrogens (primary N) is 2. The van der Waals surface area contributed by atoms with Crippen molar-refractivity contribution in [2.75, 3.05) is 6.54 Å². The maximum atomic E-state index is 10.3. The molecule has 0 aliphatic carbocycles. The van der Waals surface area contributed by atoms with Gasteiger partial charge < -0.3 is 16.6 Å². The van der Waals surface area contributed by atoms with Crippen LogP contribution in [0.3, 0.4) is 0 Å². The first kappa shape index (κ1) is 12.6. The van der Waals surface area contributed by atoms with Crippen molar-refractivity contribution in [2.45, 2.75) is 25.3 Å². The number of aliphatic imine (C=N–C) groups is 1. The summed E-state index contributed by atoms with van der Waals surface area (Å²) in [6.45, 7) is 4.04. The molecule has 0 saturated carbocycles. The molecule has 0 heterocycles. The van der Waals surface area contributed by atoms with Gasteiger partial charge in [0, 0.05) is 13.0 Å². The molecule has 5 heteroatoms. The summed E-state index contributed by atoms with van der Waals surface area (Å²) in [6, 6.07) is -0.800. The lowest BCUT2D eigenvalue weighted by molar-refractivity contribution is -0.138. The molecule has 1 atom stereocenters. The number of rotatable bonds is 7. The Bertz CT molecular complexity index is 226. The normalized spacial score (nSPS) is 13.6. The summed E-state index contributed by atoms with van der Waals surface area (Å²) in [7, 11) is 0. The number of carbonyl (C=O) groups is 1. The van der Waals surface area contributed by atoms with E-state index in [1.54, 1.807) is 6.08 Å². The summed E-state index contributed by atoms with van der Waals surface area (Å²) >= 11 is 0. The number of aliphatic carboxylic acids is 1. The van der Waals surface area contributed by atoms with E-state index in [1.807, 2.05) is 0 Å². The smallest absolute Gasteiger partial charge is 0.320 e. The third-order valence-corrected chi connectivity index (χ3v) is 1.66. The minimum atomic E-state index is -0.979. The lowest BCUT2D eigenvalue weighted by Crippen LogP contribution is -2.30. The van der Waals surface area contributed by atoms with E-state index in [0.29, 0.717) is 31.6 Å². The Morgan fingerprint density at radius 3 is 2.79 bits per heavy atom. The van der Waals surface area contributed by atoms with E-state index in [4.69, 9.17) is 16.6 Å². The number of nitrogens with zero attached hydrogens (tertiary/aromatic N) is 1. The van der Waals surface area contributed by atoms with Crippen LogP contribution in [0.1, 0.15) is 19.3 Å². The fourth-order valence-corrected chi connectivity index (χ4v) is 0.870. The number of amidine groups is 1. The standard InChI is InChI=1S/C9H17N3O2/c1-2-4-8(11)12-6-3-5-7(10)9(13)14/h2,7H,1,3-6,10H2,(H2,11,12)(H,13,14)/t7-/m1/s1. The first-order chi connectivity index (χ1) is 6.57. The third kappa shape index (κ3) is 6.19. The molecule has 0 saturated heterocycles. The zero-order valence-electron chi connectivity index (χ0n) is 8.15. The van der Waals surface area contributed by atoms with Gasteiger partial charge in [-0.15, -0.1) is 6.58 Å². The SMILES string of the molecule is C=CCC(N)=NCCC[C@@H](N)C(=O)O. The number of hydrogen-bond acceptors (Lipinski definition) is 3. The van der Waals surface area contributed by atoms with Crippen LogP contribution in [0.4, 0.5) is 0 Å². The van der Waals surface area contributed by atoms with Crippen LogP contribution in [0.15, 0.2) is 17.6 Å². The van der Waals surface area contributed by atoms with Gasteiger partial charge in [0.2, 0.25) is 0 Å². The lowest BCUT2D eigenvalue weighted by atomic mass is 10.2. The highest BCUT2D eigenvalue weighted by Crippen LogP contribution is 1.95. The molecule has 14 heavy (non-hydrogen) atoms. The summed E-state index contributed by atoms with van der Waals surface area (Å²) < 4.78 is 0. The molecule has 0 spiro atoms. The Hall–Kier alpha value is -1.36. The molecule has 5 N–H and O–H groups in total. The Morgan fingerprint density at radius 1 is 1.64 bits per heavy atom. The number of carboxylic acids is 1. The zero-order valence-corrected chi connectivity index (χ0v) is 8.15. The van der Waals surface area contributed by atoms with Crippen molar-refractivity contribution >= 4 is 11.8 Å². The molecular weight excluding hydrogens is 182 g/mol. The van der Waals surface area contributed by atoms with Gasteiger partial charge >= 0.3 is 5.97 Å². The van der Waals surface area contributed by atoms with Crippen LogP contribution in [-0.2, 0) is 4.79 Å². The highest BCUT2D eigenvalue weighted by Gasteiger charge is 2.09. The van der Waals surface area contributed by atoms with Crippen molar-refractivity contribution < 1.29 is 9.90 Å². The van der Waals surface area contributed by atoms with Crippen molar-refractivity contribution in [2.24, 2.45) is 16.5 Å². The Labute approximate surface area is 83.5 Å². The summed E-state index contributed by atoms with van der Waals surface area (Å²) in [5, 5.41) is 8.48. The van der Waals surface area contributed by atoms with Gasteiger partial charge in [-0.2, -0.15) is 0 Å². The van der Waals surface area contributed by atoms with Gasteiger partial charge in [-0.3, -0.25) is 9.79 Å². The van der Waals surface area contributed by atoms with Gasteiger partial charge in [0.15, 0.2) is 0 Å². The fourth-order valence-electron chi connectivity index (χ4n) is 0.870. The van der Waals surface area contributed by atoms with Crippen LogP contribution in [0.2, 0.25) is 0 Å². The molecule has 0 fully saturated rings. The van der Waals surface area contributed by atoms with Crippen LogP contribution in [0.25, 0.3) is 0 Å². The molecule has 0 aromatic heterocycles. The average molecular weight is 199 g/mol. The topological polar surface area (TPSA) is 102 Å². The summed E-state index contributed by atoms with van der Waals surface area (Å²) in [5.74, 6) is -0.461. The van der Waals surface area contributed by atoms with E-state index in [1.165, 1.54) is 0 Å². The molecule has 0 aromatic carbocycles. The van der Waals surface area contributed by atoms with Crippen molar-refractivity contribution in [3.05, 3.63) is 12.7 Å². The molecule has 0 bridgehead atoms. The molecular formula is C9H17N3O2. The van der Waals surface area contributed by atoms with Gasteiger partial charge in [0.25, 0.3) is 0 Å². The van der Waals surface area contributed by atoms with Gasteiger partial charge in [-0.05, 0) is 12.8 Å². The van der Waals surface area contributed by atoms with Crippen molar-refractivity contribution in [1.29, 1.82) is 0 Å². The maximum Gasteiger partial charge on any atom is 0.320 e. The molecule has 80 valence electrons. The number of hydrogen-bond donors (Lipinski definition) is 3. The summed E-state index contributed by atoms with van der Waals surface area (Å²) in [6.07, 6.45) is 3.28. The van der Waals surface area contributed by atoms with E-state index >= 15 is 0 Å². The Balaban J connectivity index is 3.59. The van der Waals surface area contributed by atoms with E-state index in [-0.39, 0.29) is 0 Å². The van der Waals surface area contributed by atoms with Gasteiger partial charge in [0.1, 0.15) is 6.04 Å². The lowest BCUT2D eigenvalue weighted by Gasteiger charge is -2.03. The van der Waals surface area contributed by atoms with Crippen molar-refractivity contribution in [1.82, 2.24) is 0 Å². The Kier molecular flexibility index (Phi) is 6.39. The molecule has 0 unspecified atom stereocenters. The van der Waals surface area contributed by atoms with E-state index < -0.39 is 12.0 Å². The highest BCUT2D eigenvalue weighted by molar-refractivity contribution is 5.81. The van der Waals surface area contributed by atoms with E-state index in [0.717, 1.165) is 0 Å². The van der Waals surface area contributed by atoms with Crippen molar-refractivity contribution in [3.63, 3.8) is 0 Å². The highest BCUT2D eigenvalue weighted by atomic mass is 16.4. The quantitative estimate of drug-likeness (QED) is 0.234. The first-order valence-corrected chi connectivity index (χ1v) is 4.46. The average Bonchev–Trinajstić information content (AvgIpc) is 2.12. The Morgan fingerprint density at radius 2 is 2.29 bits per heavy atom. The molecule has 0 aromatic rings. The van der Waals surface area contributed by atoms with Crippen LogP contribution >= 0.6 is 0 Å².